The summed E-state index contributed by atoms with van der Waals surface area (Å²) in [6.07, 6.45) is 4.51. The third-order valence-corrected chi connectivity index (χ3v) is 6.75. The van der Waals surface area contributed by atoms with Crippen LogP contribution in [-0.2, 0) is 0 Å². The molecular weight excluding hydrogens is 452 g/mol. The van der Waals surface area contributed by atoms with Crippen LogP contribution in [0.25, 0.3) is 28.0 Å². The summed E-state index contributed by atoms with van der Waals surface area (Å²) in [6.45, 7) is 5.71. The molecular formula is C28H28N6O2. The lowest BCUT2D eigenvalue weighted by atomic mass is 9.83. The third-order valence-electron chi connectivity index (χ3n) is 6.75. The number of aromatic nitrogens is 4. The van der Waals surface area contributed by atoms with E-state index in [1.54, 1.807) is 28.9 Å². The number of aryl methyl sites for hydroxylation is 2. The zero-order valence-electron chi connectivity index (χ0n) is 20.6. The average Bonchev–Trinajstić information content (AvgIpc) is 3.23. The Morgan fingerprint density at radius 2 is 1.83 bits per heavy atom. The Morgan fingerprint density at radius 3 is 2.53 bits per heavy atom. The minimum Gasteiger partial charge on any atom is -0.390 e. The molecule has 1 aliphatic rings. The molecule has 2 N–H and O–H groups in total. The molecule has 1 saturated carbocycles. The molecule has 4 aromatic rings. The summed E-state index contributed by atoms with van der Waals surface area (Å²) in [5.41, 5.74) is 5.61. The summed E-state index contributed by atoms with van der Waals surface area (Å²) < 4.78 is 1.67. The SMILES string of the molecule is Cc1cc(-c2c(-c3cccc(C#N)c3)nn3ccc(C(=O)N[C@H]4CC[C@@](C)(O)CC4)nc23)cc(C)n1. The van der Waals surface area contributed by atoms with E-state index in [-0.39, 0.29) is 11.9 Å². The van der Waals surface area contributed by atoms with E-state index in [0.29, 0.717) is 35.4 Å². The van der Waals surface area contributed by atoms with Crippen LogP contribution < -0.4 is 5.32 Å². The van der Waals surface area contributed by atoms with Crippen LogP contribution >= 0.6 is 0 Å². The Hall–Kier alpha value is -4.09. The van der Waals surface area contributed by atoms with Crippen molar-refractivity contribution in [3.05, 3.63) is 71.3 Å². The van der Waals surface area contributed by atoms with E-state index >= 15 is 0 Å². The summed E-state index contributed by atoms with van der Waals surface area (Å²) in [5, 5.41) is 27.5. The molecule has 0 radical (unpaired) electrons. The Bertz CT molecular complexity index is 1480. The number of amides is 1. The lowest BCUT2D eigenvalue weighted by molar-refractivity contribution is 0.0140. The Balaban J connectivity index is 1.59. The smallest absolute Gasteiger partial charge is 0.270 e. The van der Waals surface area contributed by atoms with Crippen LogP contribution in [0.1, 0.15) is 60.0 Å². The molecule has 1 fully saturated rings. The fraction of sp³-hybridized carbons (Fsp3) is 0.321. The fourth-order valence-corrected chi connectivity index (χ4v) is 4.88. The number of rotatable bonds is 4. The number of fused-ring (bicyclic) bond motifs is 1. The first-order chi connectivity index (χ1) is 17.2. The number of pyridine rings is 1. The first kappa shape index (κ1) is 23.6. The van der Waals surface area contributed by atoms with E-state index in [4.69, 9.17) is 10.1 Å². The third kappa shape index (κ3) is 4.70. The van der Waals surface area contributed by atoms with E-state index < -0.39 is 5.60 Å². The number of benzene rings is 1. The minimum atomic E-state index is -0.662. The van der Waals surface area contributed by atoms with Crippen LogP contribution in [0.15, 0.2) is 48.7 Å². The predicted molar refractivity (Wildman–Crippen MR) is 136 cm³/mol. The molecule has 8 nitrogen and oxygen atoms in total. The Kier molecular flexibility index (Phi) is 6.02. The zero-order valence-corrected chi connectivity index (χ0v) is 20.6. The lowest BCUT2D eigenvalue weighted by Crippen LogP contribution is -2.42. The number of aliphatic hydroxyl groups is 1. The number of hydrogen-bond donors (Lipinski definition) is 2. The highest BCUT2D eigenvalue weighted by atomic mass is 16.3. The van der Waals surface area contributed by atoms with Crippen LogP contribution in [0.2, 0.25) is 0 Å². The number of hydrogen-bond acceptors (Lipinski definition) is 6. The van der Waals surface area contributed by atoms with Crippen molar-refractivity contribution in [3.63, 3.8) is 0 Å². The normalized spacial score (nSPS) is 19.7. The molecule has 36 heavy (non-hydrogen) atoms. The van der Waals surface area contributed by atoms with Gasteiger partial charge >= 0.3 is 0 Å². The highest BCUT2D eigenvalue weighted by molar-refractivity contribution is 5.95. The molecule has 0 spiro atoms. The van der Waals surface area contributed by atoms with Gasteiger partial charge in [-0.25, -0.2) is 9.50 Å². The second-order valence-electron chi connectivity index (χ2n) is 9.88. The number of carbonyl (C=O) groups is 1. The van der Waals surface area contributed by atoms with E-state index in [9.17, 15) is 15.2 Å². The van der Waals surface area contributed by atoms with Crippen LogP contribution in [-0.4, -0.2) is 42.2 Å². The van der Waals surface area contributed by atoms with Crippen molar-refractivity contribution in [2.45, 2.75) is 58.1 Å². The van der Waals surface area contributed by atoms with Crippen molar-refractivity contribution in [2.24, 2.45) is 0 Å². The standard InChI is InChI=1S/C28H28N6O2/c1-17-13-21(14-18(2)30-17)24-25(20-6-4-5-19(15-20)16-29)33-34-12-9-23(32-26(24)34)27(35)31-22-7-10-28(3,36)11-8-22/h4-6,9,12-15,22,36H,7-8,10-11H2,1-3H3,(H,31,35)/t22-,28+. The molecule has 5 rings (SSSR count). The van der Waals surface area contributed by atoms with Gasteiger partial charge in [-0.15, -0.1) is 0 Å². The van der Waals surface area contributed by atoms with Gasteiger partial charge in [0.05, 0.1) is 22.8 Å². The summed E-state index contributed by atoms with van der Waals surface area (Å²) in [7, 11) is 0. The topological polar surface area (TPSA) is 116 Å². The highest BCUT2D eigenvalue weighted by Gasteiger charge is 2.30. The van der Waals surface area contributed by atoms with E-state index in [2.05, 4.69) is 16.4 Å². The minimum absolute atomic E-state index is 0.00918. The van der Waals surface area contributed by atoms with Gasteiger partial charge in [0, 0.05) is 29.2 Å². The zero-order chi connectivity index (χ0) is 25.4. The molecule has 0 atom stereocenters. The first-order valence-electron chi connectivity index (χ1n) is 12.1. The number of nitriles is 1. The molecule has 0 bridgehead atoms. The van der Waals surface area contributed by atoms with Crippen molar-refractivity contribution >= 4 is 11.6 Å². The summed E-state index contributed by atoms with van der Waals surface area (Å²) in [5.74, 6) is -0.244. The molecule has 1 aromatic carbocycles. The van der Waals surface area contributed by atoms with Crippen molar-refractivity contribution in [3.8, 4) is 28.5 Å². The van der Waals surface area contributed by atoms with Gasteiger partial charge in [-0.2, -0.15) is 10.4 Å². The van der Waals surface area contributed by atoms with Crippen molar-refractivity contribution in [2.75, 3.05) is 0 Å². The van der Waals surface area contributed by atoms with Crippen LogP contribution in [0.3, 0.4) is 0 Å². The Morgan fingerprint density at radius 1 is 1.11 bits per heavy atom. The number of nitrogens with zero attached hydrogens (tertiary/aromatic N) is 5. The molecule has 0 saturated heterocycles. The summed E-state index contributed by atoms with van der Waals surface area (Å²) >= 11 is 0. The fourth-order valence-electron chi connectivity index (χ4n) is 4.88. The highest BCUT2D eigenvalue weighted by Crippen LogP contribution is 2.35. The van der Waals surface area contributed by atoms with Crippen LogP contribution in [0.5, 0.6) is 0 Å². The van der Waals surface area contributed by atoms with E-state index in [1.165, 1.54) is 0 Å². The summed E-state index contributed by atoms with van der Waals surface area (Å²) in [6, 6.07) is 15.1. The van der Waals surface area contributed by atoms with Gasteiger partial charge in [0.1, 0.15) is 11.4 Å². The van der Waals surface area contributed by atoms with Crippen LogP contribution in [0, 0.1) is 25.2 Å². The van der Waals surface area contributed by atoms with Gasteiger partial charge < -0.3 is 10.4 Å². The van der Waals surface area contributed by atoms with Gasteiger partial charge in [-0.05, 0) is 82.3 Å². The maximum Gasteiger partial charge on any atom is 0.270 e. The predicted octanol–water partition coefficient (Wildman–Crippen LogP) is 4.37. The molecule has 1 amide bonds. The first-order valence-corrected chi connectivity index (χ1v) is 12.1. The van der Waals surface area contributed by atoms with E-state index in [1.807, 2.05) is 45.0 Å². The number of nitrogens with one attached hydrogen (secondary N) is 1. The van der Waals surface area contributed by atoms with Gasteiger partial charge in [0.25, 0.3) is 5.91 Å². The second kappa shape index (κ2) is 9.17. The van der Waals surface area contributed by atoms with Crippen molar-refractivity contribution in [1.29, 1.82) is 5.26 Å². The molecule has 3 aromatic heterocycles. The largest absolute Gasteiger partial charge is 0.390 e. The quantitative estimate of drug-likeness (QED) is 0.448. The average molecular weight is 481 g/mol. The van der Waals surface area contributed by atoms with Gasteiger partial charge in [-0.1, -0.05) is 12.1 Å². The molecule has 8 heteroatoms. The van der Waals surface area contributed by atoms with Crippen molar-refractivity contribution in [1.82, 2.24) is 24.9 Å². The van der Waals surface area contributed by atoms with Gasteiger partial charge in [-0.3, -0.25) is 9.78 Å². The molecule has 3 heterocycles. The molecule has 0 unspecified atom stereocenters. The van der Waals surface area contributed by atoms with Gasteiger partial charge in [0.15, 0.2) is 5.65 Å². The number of carbonyl (C=O) groups excluding carboxylic acids is 1. The van der Waals surface area contributed by atoms with Crippen LogP contribution in [0.4, 0.5) is 0 Å². The van der Waals surface area contributed by atoms with Crippen molar-refractivity contribution < 1.29 is 9.90 Å². The van der Waals surface area contributed by atoms with Gasteiger partial charge in [0.2, 0.25) is 0 Å². The second-order valence-corrected chi connectivity index (χ2v) is 9.88. The summed E-state index contributed by atoms with van der Waals surface area (Å²) in [4.78, 5) is 22.4. The molecule has 1 aliphatic carbocycles. The maximum absolute atomic E-state index is 13.1. The van der Waals surface area contributed by atoms with E-state index in [0.717, 1.165) is 40.9 Å². The lowest BCUT2D eigenvalue weighted by Gasteiger charge is -2.33. The molecule has 182 valence electrons. The monoisotopic (exact) mass is 480 g/mol. The molecule has 0 aliphatic heterocycles. The Labute approximate surface area is 209 Å². The maximum atomic E-state index is 13.1.